The molecule has 0 unspecified atom stereocenters. The van der Waals surface area contributed by atoms with E-state index in [1.807, 2.05) is 17.8 Å². The molecule has 1 saturated carbocycles. The summed E-state index contributed by atoms with van der Waals surface area (Å²) in [5.74, 6) is 0.620. The van der Waals surface area contributed by atoms with Gasteiger partial charge in [-0.25, -0.2) is 0 Å². The van der Waals surface area contributed by atoms with Crippen molar-refractivity contribution in [2.24, 2.45) is 0 Å². The maximum atomic E-state index is 5.57. The van der Waals surface area contributed by atoms with E-state index in [4.69, 9.17) is 11.6 Å². The Morgan fingerprint density at radius 2 is 2.00 bits per heavy atom. The Hall–Kier alpha value is 0.340. The first-order valence-electron chi connectivity index (χ1n) is 5.80. The first-order chi connectivity index (χ1) is 7.33. The van der Waals surface area contributed by atoms with Gasteiger partial charge in [0, 0.05) is 23.7 Å². The monoisotopic (exact) mass is 247 g/mol. The lowest BCUT2D eigenvalue weighted by atomic mass is 9.88. The maximum absolute atomic E-state index is 5.57. The van der Waals surface area contributed by atoms with Gasteiger partial charge in [0.2, 0.25) is 0 Å². The molecule has 0 bridgehead atoms. The van der Waals surface area contributed by atoms with E-state index in [1.54, 1.807) is 0 Å². The molecule has 1 rings (SSSR count). The van der Waals surface area contributed by atoms with Crippen molar-refractivity contribution in [3.8, 4) is 0 Å². The zero-order valence-corrected chi connectivity index (χ0v) is 11.2. The quantitative estimate of drug-likeness (QED) is 0.439. The van der Waals surface area contributed by atoms with Gasteiger partial charge in [0.1, 0.15) is 0 Å². The highest BCUT2D eigenvalue weighted by molar-refractivity contribution is 8.00. The van der Waals surface area contributed by atoms with Crippen molar-refractivity contribution in [2.75, 3.05) is 25.2 Å². The fraction of sp³-hybridized carbons (Fsp3) is 0.833. The van der Waals surface area contributed by atoms with Gasteiger partial charge in [-0.05, 0) is 19.1 Å². The standard InChI is InChI=1S/C12H22ClNS/c1-15-12(7-3-2-4-8-12)11-14-10-6-5-9-13/h5-6,14H,2-4,7-11H2,1H3/b6-5+. The summed E-state index contributed by atoms with van der Waals surface area (Å²) in [7, 11) is 0. The molecule has 88 valence electrons. The summed E-state index contributed by atoms with van der Waals surface area (Å²) in [5.41, 5.74) is 0. The average molecular weight is 248 g/mol. The summed E-state index contributed by atoms with van der Waals surface area (Å²) in [6.07, 6.45) is 13.3. The summed E-state index contributed by atoms with van der Waals surface area (Å²) in [6, 6.07) is 0. The van der Waals surface area contributed by atoms with Gasteiger partial charge < -0.3 is 5.32 Å². The second-order valence-corrected chi connectivity index (χ2v) is 5.79. The largest absolute Gasteiger partial charge is 0.312 e. The van der Waals surface area contributed by atoms with Crippen LogP contribution in [0.25, 0.3) is 0 Å². The molecule has 1 aliphatic rings. The van der Waals surface area contributed by atoms with E-state index in [1.165, 1.54) is 32.1 Å². The number of nitrogens with one attached hydrogen (secondary N) is 1. The van der Waals surface area contributed by atoms with Crippen molar-refractivity contribution in [1.29, 1.82) is 0 Å². The molecule has 0 aliphatic heterocycles. The highest BCUT2D eigenvalue weighted by Gasteiger charge is 2.30. The summed E-state index contributed by atoms with van der Waals surface area (Å²) in [4.78, 5) is 0. The molecule has 0 aromatic carbocycles. The van der Waals surface area contributed by atoms with E-state index in [0.29, 0.717) is 10.6 Å². The number of hydrogen-bond donors (Lipinski definition) is 1. The van der Waals surface area contributed by atoms with E-state index in [0.717, 1.165) is 13.1 Å². The Labute approximate surface area is 103 Å². The van der Waals surface area contributed by atoms with E-state index in [9.17, 15) is 0 Å². The van der Waals surface area contributed by atoms with Crippen molar-refractivity contribution in [3.63, 3.8) is 0 Å². The number of hydrogen-bond acceptors (Lipinski definition) is 2. The van der Waals surface area contributed by atoms with Gasteiger partial charge in [-0.15, -0.1) is 11.6 Å². The minimum Gasteiger partial charge on any atom is -0.312 e. The Kier molecular flexibility index (Phi) is 6.78. The van der Waals surface area contributed by atoms with Crippen LogP contribution < -0.4 is 5.32 Å². The fourth-order valence-corrected chi connectivity index (χ4v) is 3.25. The number of rotatable bonds is 6. The third-order valence-electron chi connectivity index (χ3n) is 3.16. The Balaban J connectivity index is 2.23. The van der Waals surface area contributed by atoms with Gasteiger partial charge in [-0.1, -0.05) is 31.4 Å². The lowest BCUT2D eigenvalue weighted by Crippen LogP contribution is -2.39. The second kappa shape index (κ2) is 7.59. The van der Waals surface area contributed by atoms with Crippen LogP contribution in [-0.4, -0.2) is 30.0 Å². The highest BCUT2D eigenvalue weighted by Crippen LogP contribution is 2.37. The molecule has 0 spiro atoms. The molecule has 0 atom stereocenters. The van der Waals surface area contributed by atoms with Gasteiger partial charge in [0.05, 0.1) is 0 Å². The lowest BCUT2D eigenvalue weighted by Gasteiger charge is -2.35. The molecule has 1 N–H and O–H groups in total. The Bertz CT molecular complexity index is 188. The molecule has 0 heterocycles. The van der Waals surface area contributed by atoms with Crippen molar-refractivity contribution in [2.45, 2.75) is 36.9 Å². The minimum atomic E-state index is 0.507. The molecule has 1 aliphatic carbocycles. The van der Waals surface area contributed by atoms with E-state index < -0.39 is 0 Å². The molecular formula is C12H22ClNS. The third-order valence-corrected chi connectivity index (χ3v) is 4.76. The lowest BCUT2D eigenvalue weighted by molar-refractivity contribution is 0.384. The SMILES string of the molecule is CSC1(CNC/C=C/CCl)CCCCC1. The zero-order valence-electron chi connectivity index (χ0n) is 9.60. The molecule has 1 nitrogen and oxygen atoms in total. The molecule has 0 saturated heterocycles. The summed E-state index contributed by atoms with van der Waals surface area (Å²) >= 11 is 7.61. The molecular weight excluding hydrogens is 226 g/mol. The maximum Gasteiger partial charge on any atom is 0.0404 e. The zero-order chi connectivity index (χ0) is 11.0. The normalized spacial score (nSPS) is 20.9. The van der Waals surface area contributed by atoms with Gasteiger partial charge in [-0.3, -0.25) is 0 Å². The molecule has 3 heteroatoms. The number of halogens is 1. The Morgan fingerprint density at radius 1 is 1.27 bits per heavy atom. The van der Waals surface area contributed by atoms with Crippen LogP contribution >= 0.6 is 23.4 Å². The summed E-state index contributed by atoms with van der Waals surface area (Å²) in [6.45, 7) is 2.09. The van der Waals surface area contributed by atoms with Crippen LogP contribution in [0.2, 0.25) is 0 Å². The van der Waals surface area contributed by atoms with Gasteiger partial charge in [0.15, 0.2) is 0 Å². The van der Waals surface area contributed by atoms with Crippen LogP contribution in [0, 0.1) is 0 Å². The van der Waals surface area contributed by atoms with Gasteiger partial charge in [0.25, 0.3) is 0 Å². The molecule has 15 heavy (non-hydrogen) atoms. The number of allylic oxidation sites excluding steroid dienone is 1. The summed E-state index contributed by atoms with van der Waals surface area (Å²) in [5, 5.41) is 3.52. The van der Waals surface area contributed by atoms with E-state index in [2.05, 4.69) is 17.6 Å². The molecule has 0 amide bonds. The van der Waals surface area contributed by atoms with Crippen LogP contribution in [-0.2, 0) is 0 Å². The first-order valence-corrected chi connectivity index (χ1v) is 7.56. The minimum absolute atomic E-state index is 0.507. The van der Waals surface area contributed by atoms with Crippen molar-refractivity contribution in [3.05, 3.63) is 12.2 Å². The van der Waals surface area contributed by atoms with Crippen LogP contribution in [0.1, 0.15) is 32.1 Å². The molecule has 0 aromatic rings. The smallest absolute Gasteiger partial charge is 0.0404 e. The number of alkyl halides is 1. The van der Waals surface area contributed by atoms with Crippen molar-refractivity contribution in [1.82, 2.24) is 5.32 Å². The van der Waals surface area contributed by atoms with E-state index in [-0.39, 0.29) is 0 Å². The third kappa shape index (κ3) is 4.80. The molecule has 0 radical (unpaired) electrons. The van der Waals surface area contributed by atoms with Crippen LogP contribution in [0.3, 0.4) is 0 Å². The highest BCUT2D eigenvalue weighted by atomic mass is 35.5. The van der Waals surface area contributed by atoms with Gasteiger partial charge in [-0.2, -0.15) is 11.8 Å². The average Bonchev–Trinajstić information content (AvgIpc) is 2.30. The molecule has 1 fully saturated rings. The van der Waals surface area contributed by atoms with Crippen LogP contribution in [0.15, 0.2) is 12.2 Å². The number of thioether (sulfide) groups is 1. The second-order valence-electron chi connectivity index (χ2n) is 4.20. The predicted molar refractivity (Wildman–Crippen MR) is 72.1 cm³/mol. The van der Waals surface area contributed by atoms with E-state index >= 15 is 0 Å². The summed E-state index contributed by atoms with van der Waals surface area (Å²) < 4.78 is 0.507. The van der Waals surface area contributed by atoms with Gasteiger partial charge >= 0.3 is 0 Å². The topological polar surface area (TPSA) is 12.0 Å². The predicted octanol–water partition coefficient (Wildman–Crippen LogP) is 3.44. The molecule has 0 aromatic heterocycles. The fourth-order valence-electron chi connectivity index (χ4n) is 2.18. The first kappa shape index (κ1) is 13.4. The van der Waals surface area contributed by atoms with Crippen LogP contribution in [0.4, 0.5) is 0 Å². The van der Waals surface area contributed by atoms with Crippen LogP contribution in [0.5, 0.6) is 0 Å². The van der Waals surface area contributed by atoms with Crippen molar-refractivity contribution >= 4 is 23.4 Å². The Morgan fingerprint density at radius 3 is 2.60 bits per heavy atom. The van der Waals surface area contributed by atoms with Crippen molar-refractivity contribution < 1.29 is 0 Å².